The lowest BCUT2D eigenvalue weighted by atomic mass is 10.1. The van der Waals surface area contributed by atoms with Crippen molar-refractivity contribution >= 4 is 21.8 Å². The van der Waals surface area contributed by atoms with Gasteiger partial charge in [0, 0.05) is 23.6 Å². The number of rotatable bonds is 3. The summed E-state index contributed by atoms with van der Waals surface area (Å²) in [6.45, 7) is 4.61. The Morgan fingerprint density at radius 2 is 2.10 bits per heavy atom. The first-order chi connectivity index (χ1) is 9.76. The third-order valence-electron chi connectivity index (χ3n) is 3.59. The van der Waals surface area contributed by atoms with Crippen molar-refractivity contribution in [3.8, 4) is 0 Å². The fraction of sp³-hybridized carbons (Fsp3) is 0.571. The van der Waals surface area contributed by atoms with Gasteiger partial charge in [-0.15, -0.1) is 0 Å². The molecule has 7 heteroatoms. The number of aliphatic hydroxyl groups is 1. The number of hydrogen-bond acceptors (Lipinski definition) is 4. The van der Waals surface area contributed by atoms with Crippen molar-refractivity contribution in [3.63, 3.8) is 0 Å². The smallest absolute Gasteiger partial charge is 0.246 e. The maximum atomic E-state index is 13.9. The Balaban J connectivity index is 2.33. The van der Waals surface area contributed by atoms with Crippen LogP contribution < -0.4 is 0 Å². The summed E-state index contributed by atoms with van der Waals surface area (Å²) in [5, 5.41) is 9.11. The third-order valence-corrected chi connectivity index (χ3v) is 6.88. The van der Waals surface area contributed by atoms with E-state index in [-0.39, 0.29) is 16.2 Å². The minimum Gasteiger partial charge on any atom is -0.392 e. The summed E-state index contributed by atoms with van der Waals surface area (Å²) >= 11 is 1.73. The van der Waals surface area contributed by atoms with Gasteiger partial charge in [0.2, 0.25) is 10.0 Å². The van der Waals surface area contributed by atoms with E-state index in [0.717, 1.165) is 12.5 Å². The zero-order valence-corrected chi connectivity index (χ0v) is 13.8. The van der Waals surface area contributed by atoms with Gasteiger partial charge in [0.1, 0.15) is 10.7 Å². The van der Waals surface area contributed by atoms with E-state index in [0.29, 0.717) is 24.4 Å². The molecule has 0 aliphatic carbocycles. The number of sulfonamides is 1. The maximum absolute atomic E-state index is 13.9. The van der Waals surface area contributed by atoms with E-state index in [1.165, 1.54) is 16.4 Å². The SMILES string of the molecule is CC1(C)CCN(S(=O)(=O)c2cc(CO)ccc2F)CCS1. The highest BCUT2D eigenvalue weighted by Crippen LogP contribution is 2.32. The van der Waals surface area contributed by atoms with Crippen LogP contribution in [0, 0.1) is 5.82 Å². The fourth-order valence-electron chi connectivity index (χ4n) is 2.22. The molecule has 0 atom stereocenters. The Kier molecular flexibility index (Phi) is 4.97. The van der Waals surface area contributed by atoms with Crippen LogP contribution in [0.1, 0.15) is 25.8 Å². The Morgan fingerprint density at radius 1 is 1.38 bits per heavy atom. The van der Waals surface area contributed by atoms with Gasteiger partial charge in [0.25, 0.3) is 0 Å². The predicted molar refractivity (Wildman–Crippen MR) is 82.2 cm³/mol. The molecule has 0 aromatic heterocycles. The highest BCUT2D eigenvalue weighted by molar-refractivity contribution is 8.00. The van der Waals surface area contributed by atoms with E-state index < -0.39 is 15.8 Å². The highest BCUT2D eigenvalue weighted by Gasteiger charge is 2.32. The summed E-state index contributed by atoms with van der Waals surface area (Å²) in [7, 11) is -3.86. The molecule has 4 nitrogen and oxygen atoms in total. The van der Waals surface area contributed by atoms with Crippen molar-refractivity contribution in [1.82, 2.24) is 4.31 Å². The van der Waals surface area contributed by atoms with Gasteiger partial charge in [0.15, 0.2) is 0 Å². The molecular weight excluding hydrogens is 313 g/mol. The quantitative estimate of drug-likeness (QED) is 0.921. The molecule has 118 valence electrons. The lowest BCUT2D eigenvalue weighted by molar-refractivity contribution is 0.281. The van der Waals surface area contributed by atoms with Crippen LogP contribution in [-0.4, -0.2) is 41.4 Å². The van der Waals surface area contributed by atoms with Crippen LogP contribution in [0.15, 0.2) is 23.1 Å². The molecule has 1 saturated heterocycles. The number of halogens is 1. The Labute approximate surface area is 129 Å². The van der Waals surface area contributed by atoms with Crippen molar-refractivity contribution in [2.45, 2.75) is 36.5 Å². The van der Waals surface area contributed by atoms with Gasteiger partial charge in [-0.25, -0.2) is 12.8 Å². The fourth-order valence-corrected chi connectivity index (χ4v) is 5.00. The summed E-state index contributed by atoms with van der Waals surface area (Å²) in [5.74, 6) is -0.0866. The lowest BCUT2D eigenvalue weighted by Crippen LogP contribution is -2.34. The summed E-state index contributed by atoms with van der Waals surface area (Å²) in [5.41, 5.74) is 0.388. The van der Waals surface area contributed by atoms with Crippen LogP contribution in [0.2, 0.25) is 0 Å². The maximum Gasteiger partial charge on any atom is 0.246 e. The van der Waals surface area contributed by atoms with Crippen LogP contribution in [0.5, 0.6) is 0 Å². The van der Waals surface area contributed by atoms with Gasteiger partial charge in [-0.1, -0.05) is 19.9 Å². The zero-order valence-electron chi connectivity index (χ0n) is 12.2. The van der Waals surface area contributed by atoms with Gasteiger partial charge in [-0.2, -0.15) is 16.1 Å². The molecule has 1 aromatic rings. The van der Waals surface area contributed by atoms with Crippen molar-refractivity contribution in [2.24, 2.45) is 0 Å². The molecule has 0 spiro atoms. The van der Waals surface area contributed by atoms with Crippen molar-refractivity contribution in [3.05, 3.63) is 29.6 Å². The molecular formula is C14H20FNO3S2. The molecule has 21 heavy (non-hydrogen) atoms. The van der Waals surface area contributed by atoms with Crippen LogP contribution in [0.25, 0.3) is 0 Å². The molecule has 0 amide bonds. The molecule has 1 heterocycles. The first-order valence-corrected chi connectivity index (χ1v) is 9.22. The van der Waals surface area contributed by atoms with E-state index in [1.54, 1.807) is 11.8 Å². The molecule has 1 aliphatic rings. The second-order valence-electron chi connectivity index (χ2n) is 5.69. The monoisotopic (exact) mass is 333 g/mol. The minimum atomic E-state index is -3.86. The van der Waals surface area contributed by atoms with E-state index in [9.17, 15) is 12.8 Å². The van der Waals surface area contributed by atoms with E-state index >= 15 is 0 Å². The van der Waals surface area contributed by atoms with E-state index in [4.69, 9.17) is 5.11 Å². The topological polar surface area (TPSA) is 57.6 Å². The normalized spacial score (nSPS) is 20.2. The summed E-state index contributed by atoms with van der Waals surface area (Å²) in [4.78, 5) is -0.348. The first-order valence-electron chi connectivity index (χ1n) is 6.80. The van der Waals surface area contributed by atoms with E-state index in [2.05, 4.69) is 13.8 Å². The average molecular weight is 333 g/mol. The number of aliphatic hydroxyl groups excluding tert-OH is 1. The predicted octanol–water partition coefficient (Wildman–Crippen LogP) is 2.22. The van der Waals surface area contributed by atoms with Gasteiger partial charge in [-0.05, 0) is 24.1 Å². The molecule has 1 fully saturated rings. The second-order valence-corrected chi connectivity index (χ2v) is 9.39. The highest BCUT2D eigenvalue weighted by atomic mass is 32.2. The largest absolute Gasteiger partial charge is 0.392 e. The number of benzene rings is 1. The number of thioether (sulfide) groups is 1. The molecule has 1 aliphatic heterocycles. The van der Waals surface area contributed by atoms with Gasteiger partial charge < -0.3 is 5.11 Å². The van der Waals surface area contributed by atoms with E-state index in [1.807, 2.05) is 0 Å². The van der Waals surface area contributed by atoms with Crippen LogP contribution in [0.4, 0.5) is 4.39 Å². The molecule has 0 saturated carbocycles. The Morgan fingerprint density at radius 3 is 2.76 bits per heavy atom. The standard InChI is InChI=1S/C14H20FNO3S2/c1-14(2)5-6-16(7-8-20-14)21(18,19)13-9-11(10-17)3-4-12(13)15/h3-4,9,17H,5-8,10H2,1-2H3. The van der Waals surface area contributed by atoms with Crippen molar-refractivity contribution < 1.29 is 17.9 Å². The second kappa shape index (κ2) is 6.24. The summed E-state index contributed by atoms with van der Waals surface area (Å²) in [6.07, 6.45) is 0.720. The third kappa shape index (κ3) is 3.77. The van der Waals surface area contributed by atoms with Gasteiger partial charge in [0.05, 0.1) is 6.61 Å². The van der Waals surface area contributed by atoms with Gasteiger partial charge >= 0.3 is 0 Å². The molecule has 1 aromatic carbocycles. The lowest BCUT2D eigenvalue weighted by Gasteiger charge is -2.22. The van der Waals surface area contributed by atoms with Gasteiger partial charge in [-0.3, -0.25) is 0 Å². The summed E-state index contributed by atoms with van der Waals surface area (Å²) < 4.78 is 40.6. The van der Waals surface area contributed by atoms with Crippen molar-refractivity contribution in [1.29, 1.82) is 0 Å². The zero-order chi connectivity index (χ0) is 15.7. The first kappa shape index (κ1) is 16.7. The van der Waals surface area contributed by atoms with Crippen molar-refractivity contribution in [2.75, 3.05) is 18.8 Å². The molecule has 1 N–H and O–H groups in total. The Bertz CT molecular complexity index is 617. The summed E-state index contributed by atoms with van der Waals surface area (Å²) in [6, 6.07) is 3.69. The molecule has 0 unspecified atom stereocenters. The average Bonchev–Trinajstić information content (AvgIpc) is 2.60. The molecule has 0 bridgehead atoms. The molecule has 2 rings (SSSR count). The van der Waals surface area contributed by atoms with Crippen LogP contribution >= 0.6 is 11.8 Å². The van der Waals surface area contributed by atoms with Crippen LogP contribution in [0.3, 0.4) is 0 Å². The number of nitrogens with zero attached hydrogens (tertiary/aromatic N) is 1. The van der Waals surface area contributed by atoms with Crippen LogP contribution in [-0.2, 0) is 16.6 Å². The Hall–Kier alpha value is -0.630. The number of hydrogen-bond donors (Lipinski definition) is 1. The minimum absolute atomic E-state index is 0.0236. The molecule has 0 radical (unpaired) electrons.